The van der Waals surface area contributed by atoms with E-state index in [1.165, 1.54) is 13.5 Å². The molecule has 0 amide bonds. The molecule has 0 aromatic rings. The summed E-state index contributed by atoms with van der Waals surface area (Å²) in [5, 5.41) is 3.21. The predicted molar refractivity (Wildman–Crippen MR) is 40.0 cm³/mol. The van der Waals surface area contributed by atoms with Crippen LogP contribution in [0.2, 0.25) is 0 Å². The van der Waals surface area contributed by atoms with E-state index in [9.17, 15) is 4.79 Å². The van der Waals surface area contributed by atoms with Crippen LogP contribution in [0.25, 0.3) is 0 Å². The van der Waals surface area contributed by atoms with Crippen LogP contribution in [0.3, 0.4) is 0 Å². The Kier molecular flexibility index (Phi) is 1.42. The summed E-state index contributed by atoms with van der Waals surface area (Å²) in [5.41, 5.74) is 0.299. The minimum absolute atomic E-state index is 0.0160. The number of ether oxygens (including phenoxy) is 1. The van der Waals surface area contributed by atoms with Gasteiger partial charge in [0.1, 0.15) is 0 Å². The summed E-state index contributed by atoms with van der Waals surface area (Å²) < 4.78 is 4.72. The lowest BCUT2D eigenvalue weighted by Crippen LogP contribution is -2.64. The fraction of sp³-hybridized carbons (Fsp3) is 0.875. The van der Waals surface area contributed by atoms with Crippen LogP contribution in [-0.4, -0.2) is 26.2 Å². The fourth-order valence-electron chi connectivity index (χ4n) is 2.08. The first-order valence-electron chi connectivity index (χ1n) is 4.07. The summed E-state index contributed by atoms with van der Waals surface area (Å²) in [6.45, 7) is 2.01. The van der Waals surface area contributed by atoms with Gasteiger partial charge in [0.15, 0.2) is 0 Å². The maximum absolute atomic E-state index is 11.2. The van der Waals surface area contributed by atoms with Gasteiger partial charge in [-0.15, -0.1) is 0 Å². The quantitative estimate of drug-likeness (QED) is 0.548. The van der Waals surface area contributed by atoms with Crippen LogP contribution in [0, 0.1) is 11.3 Å². The van der Waals surface area contributed by atoms with Crippen molar-refractivity contribution in [3.05, 3.63) is 0 Å². The van der Waals surface area contributed by atoms with Crippen LogP contribution in [-0.2, 0) is 9.53 Å². The molecule has 1 aliphatic carbocycles. The third-order valence-electron chi connectivity index (χ3n) is 3.11. The highest BCUT2D eigenvalue weighted by Crippen LogP contribution is 2.49. The predicted octanol–water partition coefficient (Wildman–Crippen LogP) is 0.159. The summed E-state index contributed by atoms with van der Waals surface area (Å²) >= 11 is 0. The van der Waals surface area contributed by atoms with E-state index in [0.717, 1.165) is 19.5 Å². The highest BCUT2D eigenvalue weighted by Gasteiger charge is 2.54. The van der Waals surface area contributed by atoms with Gasteiger partial charge in [0.25, 0.3) is 0 Å². The highest BCUT2D eigenvalue weighted by atomic mass is 16.5. The standard InChI is InChI=1S/C8H13NO2/c1-11-7(10)6-2-3-8(6)4-9-5-8/h6,9H,2-5H2,1H3. The second-order valence-corrected chi connectivity index (χ2v) is 3.58. The number of esters is 1. The van der Waals surface area contributed by atoms with Gasteiger partial charge in [0.2, 0.25) is 0 Å². The molecule has 1 aliphatic heterocycles. The molecule has 0 bridgehead atoms. The Morgan fingerprint density at radius 1 is 1.64 bits per heavy atom. The van der Waals surface area contributed by atoms with Gasteiger partial charge in [-0.25, -0.2) is 0 Å². The smallest absolute Gasteiger partial charge is 0.309 e. The second-order valence-electron chi connectivity index (χ2n) is 3.58. The lowest BCUT2D eigenvalue weighted by molar-refractivity contribution is -0.162. The number of carbonyl (C=O) groups is 1. The molecule has 1 saturated carbocycles. The first-order valence-corrected chi connectivity index (χ1v) is 4.07. The van der Waals surface area contributed by atoms with Gasteiger partial charge < -0.3 is 10.1 Å². The number of rotatable bonds is 1. The third kappa shape index (κ3) is 0.805. The van der Waals surface area contributed by atoms with Gasteiger partial charge in [0.05, 0.1) is 13.0 Å². The number of carbonyl (C=O) groups excluding carboxylic acids is 1. The van der Waals surface area contributed by atoms with Crippen LogP contribution >= 0.6 is 0 Å². The van der Waals surface area contributed by atoms with Gasteiger partial charge in [-0.2, -0.15) is 0 Å². The average Bonchev–Trinajstić information content (AvgIpc) is 1.82. The van der Waals surface area contributed by atoms with E-state index in [4.69, 9.17) is 4.74 Å². The van der Waals surface area contributed by atoms with E-state index >= 15 is 0 Å². The highest BCUT2D eigenvalue weighted by molar-refractivity contribution is 5.74. The molecule has 62 valence electrons. The first-order chi connectivity index (χ1) is 5.28. The molecule has 2 rings (SSSR count). The molecule has 0 aromatic heterocycles. The largest absolute Gasteiger partial charge is 0.469 e. The third-order valence-corrected chi connectivity index (χ3v) is 3.11. The van der Waals surface area contributed by atoms with Crippen LogP contribution in [0.1, 0.15) is 12.8 Å². The molecule has 3 nitrogen and oxygen atoms in total. The van der Waals surface area contributed by atoms with Crippen LogP contribution in [0.5, 0.6) is 0 Å². The molecule has 1 saturated heterocycles. The van der Waals surface area contributed by atoms with E-state index in [1.54, 1.807) is 0 Å². The second kappa shape index (κ2) is 2.21. The zero-order valence-electron chi connectivity index (χ0n) is 6.72. The monoisotopic (exact) mass is 155 g/mol. The Balaban J connectivity index is 2.00. The summed E-state index contributed by atoms with van der Waals surface area (Å²) in [7, 11) is 1.47. The molecule has 1 heterocycles. The van der Waals surface area contributed by atoms with Crippen LogP contribution in [0.15, 0.2) is 0 Å². The zero-order chi connectivity index (χ0) is 7.90. The molecular weight excluding hydrogens is 142 g/mol. The lowest BCUT2D eigenvalue weighted by atomic mass is 9.56. The summed E-state index contributed by atoms with van der Waals surface area (Å²) in [6.07, 6.45) is 2.22. The maximum Gasteiger partial charge on any atom is 0.309 e. The molecule has 1 unspecified atom stereocenters. The molecule has 2 aliphatic rings. The number of hydrogen-bond acceptors (Lipinski definition) is 3. The lowest BCUT2D eigenvalue weighted by Gasteiger charge is -2.54. The SMILES string of the molecule is COC(=O)C1CCC12CNC2. The number of methoxy groups -OCH3 is 1. The van der Waals surface area contributed by atoms with Crippen molar-refractivity contribution in [3.63, 3.8) is 0 Å². The van der Waals surface area contributed by atoms with E-state index < -0.39 is 0 Å². The molecule has 2 fully saturated rings. The van der Waals surface area contributed by atoms with Crippen molar-refractivity contribution in [1.29, 1.82) is 0 Å². The number of hydrogen-bond donors (Lipinski definition) is 1. The molecule has 1 atom stereocenters. The van der Waals surface area contributed by atoms with Crippen molar-refractivity contribution in [2.75, 3.05) is 20.2 Å². The molecule has 1 spiro atoms. The van der Waals surface area contributed by atoms with Gasteiger partial charge in [-0.05, 0) is 12.8 Å². The fourth-order valence-corrected chi connectivity index (χ4v) is 2.08. The molecular formula is C8H13NO2. The van der Waals surface area contributed by atoms with Gasteiger partial charge in [0, 0.05) is 18.5 Å². The average molecular weight is 155 g/mol. The van der Waals surface area contributed by atoms with Crippen LogP contribution in [0.4, 0.5) is 0 Å². The van der Waals surface area contributed by atoms with E-state index in [0.29, 0.717) is 5.41 Å². The molecule has 0 aromatic carbocycles. The Hall–Kier alpha value is -0.570. The normalized spacial score (nSPS) is 32.3. The van der Waals surface area contributed by atoms with E-state index in [-0.39, 0.29) is 11.9 Å². The molecule has 0 radical (unpaired) electrons. The van der Waals surface area contributed by atoms with Gasteiger partial charge >= 0.3 is 5.97 Å². The van der Waals surface area contributed by atoms with Crippen molar-refractivity contribution >= 4 is 5.97 Å². The van der Waals surface area contributed by atoms with Gasteiger partial charge in [-0.1, -0.05) is 0 Å². The summed E-state index contributed by atoms with van der Waals surface area (Å²) in [5.74, 6) is 0.173. The Labute approximate surface area is 66.1 Å². The molecule has 3 heteroatoms. The zero-order valence-corrected chi connectivity index (χ0v) is 6.72. The summed E-state index contributed by atoms with van der Waals surface area (Å²) in [4.78, 5) is 11.2. The van der Waals surface area contributed by atoms with E-state index in [2.05, 4.69) is 5.32 Å². The van der Waals surface area contributed by atoms with E-state index in [1.807, 2.05) is 0 Å². The number of nitrogens with one attached hydrogen (secondary N) is 1. The Morgan fingerprint density at radius 2 is 2.36 bits per heavy atom. The van der Waals surface area contributed by atoms with Crippen LogP contribution < -0.4 is 5.32 Å². The van der Waals surface area contributed by atoms with Crippen molar-refractivity contribution in [3.8, 4) is 0 Å². The van der Waals surface area contributed by atoms with Crippen molar-refractivity contribution in [2.24, 2.45) is 11.3 Å². The first kappa shape index (κ1) is 7.10. The topological polar surface area (TPSA) is 38.3 Å². The Bertz CT molecular complexity index is 181. The summed E-state index contributed by atoms with van der Waals surface area (Å²) in [6, 6.07) is 0. The minimum Gasteiger partial charge on any atom is -0.469 e. The van der Waals surface area contributed by atoms with Crippen molar-refractivity contribution in [1.82, 2.24) is 5.32 Å². The van der Waals surface area contributed by atoms with Crippen molar-refractivity contribution < 1.29 is 9.53 Å². The maximum atomic E-state index is 11.2. The molecule has 1 N–H and O–H groups in total. The van der Waals surface area contributed by atoms with Gasteiger partial charge in [-0.3, -0.25) is 4.79 Å². The van der Waals surface area contributed by atoms with Crippen molar-refractivity contribution in [2.45, 2.75) is 12.8 Å². The molecule has 11 heavy (non-hydrogen) atoms. The Morgan fingerprint density at radius 3 is 2.64 bits per heavy atom. The minimum atomic E-state index is -0.0160.